The number of carboxylic acid groups (broad SMARTS) is 1. The fraction of sp³-hybridized carbons (Fsp3) is 0.154. The molecule has 0 spiro atoms. The Labute approximate surface area is 224 Å². The number of halogens is 1. The highest BCUT2D eigenvalue weighted by atomic mass is 79.9. The maximum atomic E-state index is 13.1. The first kappa shape index (κ1) is 26.5. The number of hydrogen-bond acceptors (Lipinski definition) is 8. The molecule has 0 radical (unpaired) electrons. The van der Waals surface area contributed by atoms with Crippen molar-refractivity contribution in [2.24, 2.45) is 0 Å². The molecule has 2 N–H and O–H groups in total. The summed E-state index contributed by atoms with van der Waals surface area (Å²) in [6.45, 7) is -0.188. The van der Waals surface area contributed by atoms with Crippen molar-refractivity contribution in [3.05, 3.63) is 86.9 Å². The van der Waals surface area contributed by atoms with E-state index in [1.807, 2.05) is 0 Å². The van der Waals surface area contributed by atoms with Gasteiger partial charge in [-0.2, -0.15) is 0 Å². The van der Waals surface area contributed by atoms with Gasteiger partial charge in [0.05, 0.1) is 26.3 Å². The minimum Gasteiger partial charge on any atom is -0.493 e. The summed E-state index contributed by atoms with van der Waals surface area (Å²) in [6.07, 6.45) is 1.44. The van der Waals surface area contributed by atoms with Gasteiger partial charge in [-0.3, -0.25) is 9.69 Å². The number of benzene rings is 2. The number of carbonyl (C=O) groups excluding carboxylic acids is 3. The van der Waals surface area contributed by atoms with E-state index in [0.717, 1.165) is 4.90 Å². The van der Waals surface area contributed by atoms with E-state index < -0.39 is 23.9 Å². The van der Waals surface area contributed by atoms with Gasteiger partial charge in [-0.1, -0.05) is 28.1 Å². The molecule has 11 nitrogen and oxygen atoms in total. The SMILES string of the molecule is COC(=O)c1ccc(CN2C(=O)N/C(=C\c3cc(Br)cc(OC)c3OCc3cccc(C(=O)O)c3)C2=O)o1. The van der Waals surface area contributed by atoms with Crippen molar-refractivity contribution < 1.29 is 42.9 Å². The highest BCUT2D eigenvalue weighted by Gasteiger charge is 2.35. The Balaban J connectivity index is 1.59. The molecule has 0 unspecified atom stereocenters. The molecule has 12 heteroatoms. The number of imide groups is 1. The minimum atomic E-state index is -1.06. The van der Waals surface area contributed by atoms with Gasteiger partial charge >= 0.3 is 18.0 Å². The topological polar surface area (TPSA) is 145 Å². The van der Waals surface area contributed by atoms with Crippen molar-refractivity contribution in [1.29, 1.82) is 0 Å². The number of rotatable bonds is 9. The second-order valence-electron chi connectivity index (χ2n) is 7.96. The smallest absolute Gasteiger partial charge is 0.373 e. The number of hydrogen-bond donors (Lipinski definition) is 2. The van der Waals surface area contributed by atoms with Crippen LogP contribution in [0.5, 0.6) is 11.5 Å². The standard InChI is InChI=1S/C26H21BrN2O9/c1-35-21-11-17(27)9-16(22(21)37-13-14-4-3-5-15(8-14)24(31)32)10-19-23(30)29(26(34)28-19)12-18-6-7-20(38-18)25(33)36-2/h3-11H,12-13H2,1-2H3,(H,28,34)(H,31,32)/b19-10-. The molecule has 0 bridgehead atoms. The largest absolute Gasteiger partial charge is 0.493 e. The average molecular weight is 585 g/mol. The van der Waals surface area contributed by atoms with E-state index in [4.69, 9.17) is 13.9 Å². The lowest BCUT2D eigenvalue weighted by molar-refractivity contribution is -0.123. The maximum absolute atomic E-state index is 13.1. The van der Waals surface area contributed by atoms with Crippen LogP contribution in [0.1, 0.15) is 37.8 Å². The van der Waals surface area contributed by atoms with Gasteiger partial charge in [0.2, 0.25) is 5.76 Å². The van der Waals surface area contributed by atoms with Crippen molar-refractivity contribution in [2.75, 3.05) is 14.2 Å². The fourth-order valence-corrected chi connectivity index (χ4v) is 4.11. The predicted molar refractivity (Wildman–Crippen MR) is 136 cm³/mol. The van der Waals surface area contributed by atoms with Crippen LogP contribution in [0.25, 0.3) is 6.08 Å². The van der Waals surface area contributed by atoms with Crippen LogP contribution in [0.15, 0.2) is 63.1 Å². The third-order valence-corrected chi connectivity index (χ3v) is 5.91. The van der Waals surface area contributed by atoms with Crippen molar-refractivity contribution in [2.45, 2.75) is 13.2 Å². The van der Waals surface area contributed by atoms with Gasteiger partial charge in [0.25, 0.3) is 5.91 Å². The molecule has 3 amide bonds. The van der Waals surface area contributed by atoms with Crippen molar-refractivity contribution in [1.82, 2.24) is 10.2 Å². The number of ether oxygens (including phenoxy) is 3. The molecule has 2 aromatic carbocycles. The summed E-state index contributed by atoms with van der Waals surface area (Å²) in [7, 11) is 2.66. The quantitative estimate of drug-likeness (QED) is 0.214. The Kier molecular flexibility index (Phi) is 7.82. The maximum Gasteiger partial charge on any atom is 0.373 e. The van der Waals surface area contributed by atoms with E-state index in [9.17, 15) is 24.3 Å². The van der Waals surface area contributed by atoms with Gasteiger partial charge < -0.3 is 29.1 Å². The fourth-order valence-electron chi connectivity index (χ4n) is 3.65. The Hall–Kier alpha value is -4.58. The summed E-state index contributed by atoms with van der Waals surface area (Å²) in [4.78, 5) is 49.4. The van der Waals surface area contributed by atoms with Crippen LogP contribution in [0, 0.1) is 0 Å². The van der Waals surface area contributed by atoms with Crippen LogP contribution in [-0.4, -0.2) is 48.1 Å². The van der Waals surface area contributed by atoms with Crippen molar-refractivity contribution in [3.8, 4) is 11.5 Å². The first-order valence-corrected chi connectivity index (χ1v) is 11.8. The number of methoxy groups -OCH3 is 2. The number of nitrogens with one attached hydrogen (secondary N) is 1. The van der Waals surface area contributed by atoms with Gasteiger partial charge in [-0.05, 0) is 48.0 Å². The molecular weight excluding hydrogens is 564 g/mol. The summed E-state index contributed by atoms with van der Waals surface area (Å²) in [6, 6.07) is 11.8. The van der Waals surface area contributed by atoms with Crippen LogP contribution < -0.4 is 14.8 Å². The molecule has 196 valence electrons. The number of urea groups is 1. The summed E-state index contributed by atoms with van der Waals surface area (Å²) < 4.78 is 22.0. The molecular formula is C26H21BrN2O9. The summed E-state index contributed by atoms with van der Waals surface area (Å²) in [5, 5.41) is 11.8. The summed E-state index contributed by atoms with van der Waals surface area (Å²) in [5.41, 5.74) is 1.12. The number of carboxylic acids is 1. The second kappa shape index (κ2) is 11.2. The zero-order chi connectivity index (χ0) is 27.4. The van der Waals surface area contributed by atoms with Crippen molar-refractivity contribution >= 4 is 45.9 Å². The van der Waals surface area contributed by atoms with E-state index in [1.54, 1.807) is 24.3 Å². The molecule has 2 heterocycles. The third-order valence-electron chi connectivity index (χ3n) is 5.45. The lowest BCUT2D eigenvalue weighted by atomic mass is 10.1. The molecule has 1 aromatic heterocycles. The number of carbonyl (C=O) groups is 4. The molecule has 1 fully saturated rings. The van der Waals surface area contributed by atoms with Crippen LogP contribution >= 0.6 is 15.9 Å². The van der Waals surface area contributed by atoms with E-state index in [-0.39, 0.29) is 41.7 Å². The number of amides is 3. The number of esters is 1. The van der Waals surface area contributed by atoms with E-state index in [1.165, 1.54) is 44.6 Å². The van der Waals surface area contributed by atoms with Gasteiger partial charge in [-0.15, -0.1) is 0 Å². The average Bonchev–Trinajstić information content (AvgIpc) is 3.47. The Bertz CT molecular complexity index is 1460. The first-order valence-electron chi connectivity index (χ1n) is 11.0. The highest BCUT2D eigenvalue weighted by Crippen LogP contribution is 2.37. The van der Waals surface area contributed by atoms with Crippen LogP contribution in [0.3, 0.4) is 0 Å². The predicted octanol–water partition coefficient (Wildman–Crippen LogP) is 4.21. The lowest BCUT2D eigenvalue weighted by Crippen LogP contribution is -2.30. The first-order chi connectivity index (χ1) is 18.2. The zero-order valence-electron chi connectivity index (χ0n) is 20.1. The van der Waals surface area contributed by atoms with Crippen LogP contribution in [-0.2, 0) is 22.7 Å². The third kappa shape index (κ3) is 5.70. The molecule has 0 saturated carbocycles. The molecule has 38 heavy (non-hydrogen) atoms. The molecule has 4 rings (SSSR count). The minimum absolute atomic E-state index is 0.0166. The monoisotopic (exact) mass is 584 g/mol. The number of nitrogens with zero attached hydrogens (tertiary/aromatic N) is 1. The normalized spacial score (nSPS) is 14.0. The van der Waals surface area contributed by atoms with Crippen LogP contribution in [0.4, 0.5) is 4.79 Å². The molecule has 0 atom stereocenters. The number of furan rings is 1. The molecule has 0 aliphatic carbocycles. The van der Waals surface area contributed by atoms with E-state index in [0.29, 0.717) is 21.3 Å². The molecule has 1 aliphatic rings. The van der Waals surface area contributed by atoms with E-state index >= 15 is 0 Å². The van der Waals surface area contributed by atoms with Crippen LogP contribution in [0.2, 0.25) is 0 Å². The Morgan fingerprint density at radius 1 is 1.13 bits per heavy atom. The highest BCUT2D eigenvalue weighted by molar-refractivity contribution is 9.10. The molecule has 1 saturated heterocycles. The number of aromatic carboxylic acids is 1. The van der Waals surface area contributed by atoms with E-state index in [2.05, 4.69) is 26.0 Å². The summed E-state index contributed by atoms with van der Waals surface area (Å²) >= 11 is 3.40. The molecule has 3 aromatic rings. The molecule has 1 aliphatic heterocycles. The lowest BCUT2D eigenvalue weighted by Gasteiger charge is -2.15. The van der Waals surface area contributed by atoms with Gasteiger partial charge in [-0.25, -0.2) is 14.4 Å². The van der Waals surface area contributed by atoms with Gasteiger partial charge in [0, 0.05) is 10.0 Å². The zero-order valence-corrected chi connectivity index (χ0v) is 21.7. The summed E-state index contributed by atoms with van der Waals surface area (Å²) in [5.74, 6) is -1.58. The second-order valence-corrected chi connectivity index (χ2v) is 8.87. The van der Waals surface area contributed by atoms with Gasteiger partial charge in [0.15, 0.2) is 11.5 Å². The van der Waals surface area contributed by atoms with Gasteiger partial charge in [0.1, 0.15) is 18.1 Å². The Morgan fingerprint density at radius 2 is 1.92 bits per heavy atom. The van der Waals surface area contributed by atoms with Crippen molar-refractivity contribution in [3.63, 3.8) is 0 Å². The Morgan fingerprint density at radius 3 is 2.63 bits per heavy atom.